The molecule has 2 aliphatic heterocycles. The van der Waals surface area contributed by atoms with E-state index < -0.39 is 5.60 Å². The third-order valence-electron chi connectivity index (χ3n) is 4.63. The van der Waals surface area contributed by atoms with Crippen LogP contribution >= 0.6 is 22.6 Å². The van der Waals surface area contributed by atoms with Crippen LogP contribution in [-0.2, 0) is 4.74 Å². The van der Waals surface area contributed by atoms with Gasteiger partial charge in [-0.15, -0.1) is 0 Å². The average molecular weight is 445 g/mol. The molecule has 2 N–H and O–H groups in total. The molecule has 7 nitrogen and oxygen atoms in total. The number of carbonyl (C=O) groups excluding carboxylic acids is 1. The number of ether oxygens (including phenoxy) is 1. The maximum absolute atomic E-state index is 12.2. The fourth-order valence-electron chi connectivity index (χ4n) is 3.31. The zero-order chi connectivity index (χ0) is 17.5. The highest BCUT2D eigenvalue weighted by Gasteiger charge is 2.46. The molecule has 1 aromatic rings. The van der Waals surface area contributed by atoms with E-state index in [1.54, 1.807) is 0 Å². The number of carbonyl (C=O) groups is 1. The van der Waals surface area contributed by atoms with Crippen LogP contribution in [0.15, 0.2) is 6.33 Å². The van der Waals surface area contributed by atoms with Crippen LogP contribution in [0.4, 0.5) is 16.4 Å². The Morgan fingerprint density at radius 2 is 1.92 bits per heavy atom. The van der Waals surface area contributed by atoms with Crippen molar-refractivity contribution in [2.75, 3.05) is 36.8 Å². The lowest BCUT2D eigenvalue weighted by Gasteiger charge is -2.54. The molecule has 0 unspecified atom stereocenters. The van der Waals surface area contributed by atoms with Gasteiger partial charge in [-0.25, -0.2) is 14.8 Å². The van der Waals surface area contributed by atoms with Crippen molar-refractivity contribution in [3.05, 3.63) is 9.90 Å². The van der Waals surface area contributed by atoms with Crippen LogP contribution in [0.25, 0.3) is 0 Å². The summed E-state index contributed by atoms with van der Waals surface area (Å²) in [5.74, 6) is 1.45. The molecule has 0 aromatic carbocycles. The van der Waals surface area contributed by atoms with E-state index in [0.29, 0.717) is 5.82 Å². The van der Waals surface area contributed by atoms with Crippen LogP contribution < -0.4 is 10.6 Å². The Kier molecular flexibility index (Phi) is 4.52. The van der Waals surface area contributed by atoms with Crippen molar-refractivity contribution in [2.45, 2.75) is 39.2 Å². The zero-order valence-corrected chi connectivity index (χ0v) is 16.5. The van der Waals surface area contributed by atoms with Gasteiger partial charge in [0.05, 0.1) is 3.57 Å². The van der Waals surface area contributed by atoms with Crippen molar-refractivity contribution in [1.29, 1.82) is 0 Å². The molecule has 24 heavy (non-hydrogen) atoms. The molecular formula is C16H24IN5O2. The van der Waals surface area contributed by atoms with Gasteiger partial charge in [0.1, 0.15) is 23.6 Å². The van der Waals surface area contributed by atoms with E-state index in [9.17, 15) is 4.79 Å². The summed E-state index contributed by atoms with van der Waals surface area (Å²) in [6.07, 6.45) is 3.31. The second kappa shape index (κ2) is 6.20. The number of halogens is 1. The number of amides is 1. The number of rotatable bonds is 1. The van der Waals surface area contributed by atoms with E-state index in [0.717, 1.165) is 48.4 Å². The molecule has 1 amide bonds. The van der Waals surface area contributed by atoms with Gasteiger partial charge < -0.3 is 20.3 Å². The molecule has 0 saturated carbocycles. The maximum Gasteiger partial charge on any atom is 0.410 e. The summed E-state index contributed by atoms with van der Waals surface area (Å²) in [6, 6.07) is 0. The summed E-state index contributed by atoms with van der Waals surface area (Å²) < 4.78 is 6.37. The van der Waals surface area contributed by atoms with Gasteiger partial charge in [-0.3, -0.25) is 0 Å². The number of piperidine rings is 1. The molecule has 0 bridgehead atoms. The smallest absolute Gasteiger partial charge is 0.410 e. The van der Waals surface area contributed by atoms with Crippen LogP contribution in [-0.4, -0.2) is 52.7 Å². The summed E-state index contributed by atoms with van der Waals surface area (Å²) in [4.78, 5) is 24.6. The predicted octanol–water partition coefficient (Wildman–Crippen LogP) is 2.50. The Morgan fingerprint density at radius 3 is 2.50 bits per heavy atom. The van der Waals surface area contributed by atoms with Gasteiger partial charge >= 0.3 is 6.09 Å². The van der Waals surface area contributed by atoms with Crippen LogP contribution in [0.3, 0.4) is 0 Å². The largest absolute Gasteiger partial charge is 0.444 e. The molecule has 3 rings (SSSR count). The van der Waals surface area contributed by atoms with Gasteiger partial charge in [0.15, 0.2) is 0 Å². The van der Waals surface area contributed by atoms with Crippen LogP contribution in [0.5, 0.6) is 0 Å². The first-order valence-electron chi connectivity index (χ1n) is 8.18. The molecule has 3 heterocycles. The molecule has 1 spiro atoms. The Morgan fingerprint density at radius 1 is 1.29 bits per heavy atom. The van der Waals surface area contributed by atoms with E-state index in [-0.39, 0.29) is 11.5 Å². The van der Waals surface area contributed by atoms with E-state index in [1.807, 2.05) is 25.7 Å². The normalized spacial score (nSPS) is 20.0. The highest BCUT2D eigenvalue weighted by atomic mass is 127. The van der Waals surface area contributed by atoms with Gasteiger partial charge in [-0.1, -0.05) is 0 Å². The Balaban J connectivity index is 1.55. The molecular weight excluding hydrogens is 421 g/mol. The van der Waals surface area contributed by atoms with Gasteiger partial charge in [0.2, 0.25) is 0 Å². The van der Waals surface area contributed by atoms with E-state index >= 15 is 0 Å². The molecule has 0 atom stereocenters. The monoisotopic (exact) mass is 445 g/mol. The molecule has 0 aliphatic carbocycles. The summed E-state index contributed by atoms with van der Waals surface area (Å²) in [7, 11) is 0. The van der Waals surface area contributed by atoms with Crippen LogP contribution in [0.2, 0.25) is 0 Å². The number of nitrogen functional groups attached to an aromatic ring is 1. The van der Waals surface area contributed by atoms with Crippen molar-refractivity contribution in [3.8, 4) is 0 Å². The average Bonchev–Trinajstić information content (AvgIpc) is 2.46. The van der Waals surface area contributed by atoms with Crippen molar-refractivity contribution < 1.29 is 9.53 Å². The Labute approximate surface area is 156 Å². The third-order valence-corrected chi connectivity index (χ3v) is 5.66. The summed E-state index contributed by atoms with van der Waals surface area (Å²) >= 11 is 2.20. The first-order chi connectivity index (χ1) is 11.2. The summed E-state index contributed by atoms with van der Waals surface area (Å²) in [6.45, 7) is 9.13. The number of likely N-dealkylation sites (tertiary alicyclic amines) is 1. The number of hydrogen-bond acceptors (Lipinski definition) is 6. The molecule has 2 aliphatic rings. The topological polar surface area (TPSA) is 84.6 Å². The van der Waals surface area contributed by atoms with E-state index in [2.05, 4.69) is 37.5 Å². The molecule has 0 radical (unpaired) electrons. The Hall–Kier alpha value is -1.32. The van der Waals surface area contributed by atoms with E-state index in [1.165, 1.54) is 6.33 Å². The molecule has 2 fully saturated rings. The second-order valence-electron chi connectivity index (χ2n) is 7.72. The number of hydrogen-bond donors (Lipinski definition) is 1. The lowest BCUT2D eigenvalue weighted by molar-refractivity contribution is 0.00588. The minimum absolute atomic E-state index is 0.202. The van der Waals surface area contributed by atoms with Gasteiger partial charge in [-0.2, -0.15) is 0 Å². The zero-order valence-electron chi connectivity index (χ0n) is 14.4. The van der Waals surface area contributed by atoms with Crippen molar-refractivity contribution >= 4 is 40.3 Å². The van der Waals surface area contributed by atoms with Gasteiger partial charge in [0.25, 0.3) is 0 Å². The molecule has 1 aromatic heterocycles. The quantitative estimate of drug-likeness (QED) is 0.669. The van der Waals surface area contributed by atoms with E-state index in [4.69, 9.17) is 10.5 Å². The van der Waals surface area contributed by atoms with Gasteiger partial charge in [0, 0.05) is 31.6 Å². The number of nitrogens with two attached hydrogens (primary N) is 1. The first kappa shape index (κ1) is 17.5. The third kappa shape index (κ3) is 3.52. The Bertz CT molecular complexity index is 630. The number of anilines is 2. The highest BCUT2D eigenvalue weighted by molar-refractivity contribution is 14.1. The highest BCUT2D eigenvalue weighted by Crippen LogP contribution is 2.43. The van der Waals surface area contributed by atoms with Crippen molar-refractivity contribution in [2.24, 2.45) is 5.41 Å². The lowest BCUT2D eigenvalue weighted by Crippen LogP contribution is -2.61. The van der Waals surface area contributed by atoms with Crippen molar-refractivity contribution in [3.63, 3.8) is 0 Å². The minimum Gasteiger partial charge on any atom is -0.444 e. The maximum atomic E-state index is 12.2. The van der Waals surface area contributed by atoms with Crippen LogP contribution in [0, 0.1) is 8.99 Å². The molecule has 132 valence electrons. The lowest BCUT2D eigenvalue weighted by atomic mass is 9.72. The SMILES string of the molecule is CC(C)(C)OC(=O)N1CCC2(CC1)CN(c1ncnc(N)c1I)C2. The number of aromatic nitrogens is 2. The molecule has 8 heteroatoms. The van der Waals surface area contributed by atoms with Gasteiger partial charge in [-0.05, 0) is 56.2 Å². The first-order valence-corrected chi connectivity index (χ1v) is 9.26. The molecule has 2 saturated heterocycles. The fraction of sp³-hybridized carbons (Fsp3) is 0.688. The standard InChI is InChI=1S/C16H24IN5O2/c1-15(2,3)24-14(23)21-6-4-16(5-7-21)8-22(9-16)13-11(17)12(18)19-10-20-13/h10H,4-9H2,1-3H3,(H2,18,19,20). The fourth-order valence-corrected chi connectivity index (χ4v) is 3.93. The van der Waals surface area contributed by atoms with Crippen LogP contribution in [0.1, 0.15) is 33.6 Å². The second-order valence-corrected chi connectivity index (χ2v) is 8.80. The predicted molar refractivity (Wildman–Crippen MR) is 101 cm³/mol. The van der Waals surface area contributed by atoms with Crippen molar-refractivity contribution in [1.82, 2.24) is 14.9 Å². The summed E-state index contributed by atoms with van der Waals surface area (Å²) in [5.41, 5.74) is 5.70. The number of nitrogens with zero attached hydrogens (tertiary/aromatic N) is 4. The summed E-state index contributed by atoms with van der Waals surface area (Å²) in [5, 5.41) is 0. The minimum atomic E-state index is -0.441.